The van der Waals surface area contributed by atoms with Crippen LogP contribution < -0.4 is 0 Å². The van der Waals surface area contributed by atoms with Gasteiger partial charge in [-0.2, -0.15) is 0 Å². The van der Waals surface area contributed by atoms with Crippen molar-refractivity contribution in [1.82, 2.24) is 0 Å². The molecule has 136 valence electrons. The van der Waals surface area contributed by atoms with E-state index < -0.39 is 29.1 Å². The molecule has 4 saturated carbocycles. The Morgan fingerprint density at radius 3 is 2.52 bits per heavy atom. The number of rotatable bonds is 0. The Morgan fingerprint density at radius 2 is 1.80 bits per heavy atom. The molecule has 2 saturated heterocycles. The lowest BCUT2D eigenvalue weighted by molar-refractivity contribution is -0.300. The lowest BCUT2D eigenvalue weighted by atomic mass is 9.37. The topological polar surface area (TPSA) is 83.8 Å². The first-order chi connectivity index (χ1) is 11.7. The van der Waals surface area contributed by atoms with Gasteiger partial charge in [0.15, 0.2) is 5.78 Å². The van der Waals surface area contributed by atoms with Crippen LogP contribution >= 0.6 is 0 Å². The van der Waals surface area contributed by atoms with E-state index in [2.05, 4.69) is 20.4 Å². The summed E-state index contributed by atoms with van der Waals surface area (Å²) in [6.45, 7) is 8.27. The van der Waals surface area contributed by atoms with Crippen LogP contribution in [0.25, 0.3) is 0 Å². The predicted molar refractivity (Wildman–Crippen MR) is 88.2 cm³/mol. The van der Waals surface area contributed by atoms with Crippen molar-refractivity contribution >= 4 is 11.8 Å². The van der Waals surface area contributed by atoms with E-state index in [9.17, 15) is 19.8 Å². The van der Waals surface area contributed by atoms with Crippen LogP contribution in [0.2, 0.25) is 0 Å². The molecule has 2 aliphatic heterocycles. The van der Waals surface area contributed by atoms with Gasteiger partial charge in [-0.15, -0.1) is 0 Å². The summed E-state index contributed by atoms with van der Waals surface area (Å²) in [7, 11) is 0. The summed E-state index contributed by atoms with van der Waals surface area (Å²) in [5, 5.41) is 22.2. The molecule has 5 nitrogen and oxygen atoms in total. The van der Waals surface area contributed by atoms with Crippen molar-refractivity contribution in [3.8, 4) is 0 Å². The van der Waals surface area contributed by atoms with Crippen LogP contribution in [0.1, 0.15) is 46.0 Å². The third kappa shape index (κ3) is 1.40. The van der Waals surface area contributed by atoms with E-state index in [0.717, 1.165) is 6.42 Å². The molecule has 0 aromatic rings. The highest BCUT2D eigenvalue weighted by Gasteiger charge is 2.82. The summed E-state index contributed by atoms with van der Waals surface area (Å²) in [5.74, 6) is -1.07. The van der Waals surface area contributed by atoms with Crippen molar-refractivity contribution in [2.45, 2.75) is 64.3 Å². The number of aliphatic hydroxyl groups is 2. The molecule has 8 atom stereocenters. The molecule has 0 unspecified atom stereocenters. The van der Waals surface area contributed by atoms with E-state index in [1.165, 1.54) is 0 Å². The maximum Gasteiger partial charge on any atom is 0.315 e. The minimum atomic E-state index is -1.08. The molecule has 2 N–H and O–H groups in total. The molecule has 0 aromatic carbocycles. The van der Waals surface area contributed by atoms with Crippen molar-refractivity contribution in [1.29, 1.82) is 0 Å². The van der Waals surface area contributed by atoms with Crippen LogP contribution in [-0.2, 0) is 14.3 Å². The highest BCUT2D eigenvalue weighted by atomic mass is 16.6. The fourth-order valence-electron chi connectivity index (χ4n) is 7.58. The summed E-state index contributed by atoms with van der Waals surface area (Å²) < 4.78 is 5.77. The summed E-state index contributed by atoms with van der Waals surface area (Å²) >= 11 is 0. The van der Waals surface area contributed by atoms with Crippen LogP contribution in [-0.4, -0.2) is 40.3 Å². The van der Waals surface area contributed by atoms with Crippen LogP contribution in [0.3, 0.4) is 0 Å². The first kappa shape index (κ1) is 16.0. The zero-order chi connectivity index (χ0) is 17.9. The highest BCUT2D eigenvalue weighted by molar-refractivity contribution is 6.06. The van der Waals surface area contributed by atoms with Crippen LogP contribution in [0, 0.1) is 34.0 Å². The number of ether oxygens (including phenoxy) is 1. The molecule has 6 fully saturated rings. The zero-order valence-electron chi connectivity index (χ0n) is 14.8. The van der Waals surface area contributed by atoms with Gasteiger partial charge in [-0.05, 0) is 54.9 Å². The minimum Gasteiger partial charge on any atom is -0.461 e. The van der Waals surface area contributed by atoms with Crippen molar-refractivity contribution in [3.05, 3.63) is 12.2 Å². The summed E-state index contributed by atoms with van der Waals surface area (Å²) in [5.41, 5.74) is -1.77. The summed E-state index contributed by atoms with van der Waals surface area (Å²) in [6.07, 6.45) is 1.00. The van der Waals surface area contributed by atoms with Gasteiger partial charge in [0.1, 0.15) is 16.9 Å². The second-order valence-corrected chi connectivity index (χ2v) is 9.63. The van der Waals surface area contributed by atoms with E-state index in [-0.39, 0.29) is 34.9 Å². The number of hydrogen-bond acceptors (Lipinski definition) is 5. The van der Waals surface area contributed by atoms with Gasteiger partial charge in [0.25, 0.3) is 0 Å². The maximum atomic E-state index is 13.3. The average molecular weight is 346 g/mol. The average Bonchev–Trinajstić information content (AvgIpc) is 2.67. The smallest absolute Gasteiger partial charge is 0.315 e. The molecule has 0 aromatic heterocycles. The van der Waals surface area contributed by atoms with Gasteiger partial charge in [-0.1, -0.05) is 20.4 Å². The SMILES string of the molecule is C=C1C(=O)[C@@]23[C@@H](CC[C@@H]1[C@H]2O)[C@@]12C(=O)O[C@@H]3C[C@@H]1C(C)(C)CC[C@@H]2O. The van der Waals surface area contributed by atoms with Crippen molar-refractivity contribution in [2.24, 2.45) is 34.0 Å². The fraction of sp³-hybridized carbons (Fsp3) is 0.800. The Hall–Kier alpha value is -1.20. The molecular formula is C20H26O5. The Labute approximate surface area is 147 Å². The first-order valence-corrected chi connectivity index (χ1v) is 9.51. The summed E-state index contributed by atoms with van der Waals surface area (Å²) in [4.78, 5) is 26.4. The molecule has 0 amide bonds. The third-order valence-electron chi connectivity index (χ3n) is 8.64. The van der Waals surface area contributed by atoms with E-state index in [4.69, 9.17) is 4.74 Å². The largest absolute Gasteiger partial charge is 0.461 e. The van der Waals surface area contributed by atoms with Crippen LogP contribution in [0.5, 0.6) is 0 Å². The van der Waals surface area contributed by atoms with Gasteiger partial charge in [-0.25, -0.2) is 0 Å². The Bertz CT molecular complexity index is 711. The van der Waals surface area contributed by atoms with E-state index in [1.807, 2.05) is 0 Å². The molecule has 4 aliphatic carbocycles. The number of ketones is 1. The maximum absolute atomic E-state index is 13.3. The minimum absolute atomic E-state index is 0.0176. The van der Waals surface area contributed by atoms with Gasteiger partial charge < -0.3 is 14.9 Å². The number of esters is 1. The van der Waals surface area contributed by atoms with E-state index >= 15 is 0 Å². The zero-order valence-corrected chi connectivity index (χ0v) is 14.8. The second kappa shape index (κ2) is 4.37. The quantitative estimate of drug-likeness (QED) is 0.514. The molecule has 4 bridgehead atoms. The van der Waals surface area contributed by atoms with Gasteiger partial charge in [0.05, 0.1) is 12.2 Å². The normalized spacial score (nSPS) is 55.6. The molecule has 2 spiro atoms. The van der Waals surface area contributed by atoms with E-state index in [0.29, 0.717) is 31.3 Å². The standard InChI is InChI=1S/C20H26O5/c1-9-10-4-5-11-19-12(18(2,3)7-6-13(19)21)8-14(25-17(19)24)20(11,15(9)22)16(10)23/h10-14,16,21,23H,1,4-8H2,2-3H3/t10-,11-,12+,13-,14+,16+,19+,20-/m0/s1. The molecule has 5 heteroatoms. The monoisotopic (exact) mass is 346 g/mol. The first-order valence-electron chi connectivity index (χ1n) is 9.51. The van der Waals surface area contributed by atoms with Crippen molar-refractivity contribution in [3.63, 3.8) is 0 Å². The number of fused-ring (bicyclic) bond motifs is 2. The number of carbonyl (C=O) groups excluding carboxylic acids is 2. The lowest BCUT2D eigenvalue weighted by Gasteiger charge is -2.69. The molecule has 0 radical (unpaired) electrons. The molecule has 6 aliphatic rings. The second-order valence-electron chi connectivity index (χ2n) is 9.63. The van der Waals surface area contributed by atoms with Crippen LogP contribution in [0.4, 0.5) is 0 Å². The lowest BCUT2D eigenvalue weighted by Crippen LogP contribution is -2.77. The number of hydrogen-bond donors (Lipinski definition) is 2. The number of carbonyl (C=O) groups is 2. The Morgan fingerprint density at radius 1 is 1.08 bits per heavy atom. The number of aliphatic hydroxyl groups excluding tert-OH is 2. The fourth-order valence-corrected chi connectivity index (χ4v) is 7.58. The summed E-state index contributed by atoms with van der Waals surface area (Å²) in [6, 6.07) is 0. The molecule has 6 rings (SSSR count). The van der Waals surface area contributed by atoms with Gasteiger partial charge in [0.2, 0.25) is 0 Å². The number of Topliss-reactive ketones (excluding diaryl/α,β-unsaturated/α-hetero) is 1. The van der Waals surface area contributed by atoms with Gasteiger partial charge >= 0.3 is 5.97 Å². The van der Waals surface area contributed by atoms with E-state index in [1.54, 1.807) is 0 Å². The molecular weight excluding hydrogens is 320 g/mol. The van der Waals surface area contributed by atoms with Gasteiger partial charge in [-0.3, -0.25) is 9.59 Å². The highest BCUT2D eigenvalue weighted by Crippen LogP contribution is 2.74. The third-order valence-corrected chi connectivity index (χ3v) is 8.64. The van der Waals surface area contributed by atoms with Crippen molar-refractivity contribution < 1.29 is 24.5 Å². The van der Waals surface area contributed by atoms with Crippen molar-refractivity contribution in [2.75, 3.05) is 0 Å². The Balaban J connectivity index is 1.77. The molecule has 25 heavy (non-hydrogen) atoms. The predicted octanol–water partition coefficient (Wildman–Crippen LogP) is 1.61. The van der Waals surface area contributed by atoms with Crippen LogP contribution in [0.15, 0.2) is 12.2 Å². The van der Waals surface area contributed by atoms with Gasteiger partial charge in [0, 0.05) is 5.92 Å². The molecule has 2 heterocycles. The Kier molecular flexibility index (Phi) is 2.80.